The molecule has 1 aromatic carbocycles. The van der Waals surface area contributed by atoms with E-state index in [1.54, 1.807) is 66.8 Å². The number of carbonyl (C=O) groups excluding carboxylic acids is 1. The van der Waals surface area contributed by atoms with Crippen molar-refractivity contribution < 1.29 is 14.3 Å². The average Bonchev–Trinajstić information content (AvgIpc) is 2.61. The maximum absolute atomic E-state index is 10.9. The van der Waals surface area contributed by atoms with Gasteiger partial charge < -0.3 is 9.47 Å². The van der Waals surface area contributed by atoms with Crippen molar-refractivity contribution in [2.45, 2.75) is 0 Å². The number of allylic oxidation sites excluding steroid dienone is 8. The van der Waals surface area contributed by atoms with Crippen LogP contribution in [0.4, 0.5) is 0 Å². The predicted octanol–water partition coefficient (Wildman–Crippen LogP) is 5.08. The summed E-state index contributed by atoms with van der Waals surface area (Å²) in [6.45, 7) is 6.91. The van der Waals surface area contributed by atoms with Crippen LogP contribution in [0.3, 0.4) is 0 Å². The van der Waals surface area contributed by atoms with Crippen molar-refractivity contribution in [3.8, 4) is 11.5 Å². The molecule has 0 saturated heterocycles. The fraction of sp³-hybridized carbons (Fsp3) is 0. The highest BCUT2D eigenvalue weighted by Crippen LogP contribution is 2.28. The Bertz CT molecular complexity index is 751. The fourth-order valence-electron chi connectivity index (χ4n) is 1.48. The van der Waals surface area contributed by atoms with E-state index >= 15 is 0 Å². The minimum Gasteiger partial charge on any atom is -0.461 e. The third-order valence-corrected chi connectivity index (χ3v) is 2.52. The summed E-state index contributed by atoms with van der Waals surface area (Å²) in [5.41, 5.74) is 5.75. The van der Waals surface area contributed by atoms with Gasteiger partial charge in [-0.15, -0.1) is 11.5 Å². The van der Waals surface area contributed by atoms with Crippen LogP contribution in [-0.4, -0.2) is 6.29 Å². The Morgan fingerprint density at radius 3 is 1.92 bits per heavy atom. The van der Waals surface area contributed by atoms with Gasteiger partial charge in [-0.05, 0) is 42.5 Å². The minimum atomic E-state index is 0.433. The lowest BCUT2D eigenvalue weighted by molar-refractivity contribution is 0.112. The summed E-state index contributed by atoms with van der Waals surface area (Å²) in [4.78, 5) is 10.9. The molecule has 1 rings (SSSR count). The molecule has 0 aliphatic carbocycles. The van der Waals surface area contributed by atoms with E-state index in [1.165, 1.54) is 12.5 Å². The monoisotopic (exact) mass is 318 g/mol. The highest BCUT2D eigenvalue weighted by Gasteiger charge is 2.04. The molecule has 0 spiro atoms. The van der Waals surface area contributed by atoms with Crippen LogP contribution >= 0.6 is 0 Å². The van der Waals surface area contributed by atoms with Crippen LogP contribution in [0, 0.1) is 0 Å². The maximum atomic E-state index is 10.9. The second kappa shape index (κ2) is 12.1. The van der Waals surface area contributed by atoms with E-state index in [0.29, 0.717) is 17.1 Å². The molecule has 0 aromatic heterocycles. The average molecular weight is 318 g/mol. The minimum absolute atomic E-state index is 0.433. The van der Waals surface area contributed by atoms with Gasteiger partial charge in [0.2, 0.25) is 0 Å². The Morgan fingerprint density at radius 2 is 1.38 bits per heavy atom. The van der Waals surface area contributed by atoms with E-state index < -0.39 is 0 Å². The zero-order valence-electron chi connectivity index (χ0n) is 13.2. The van der Waals surface area contributed by atoms with Gasteiger partial charge in [-0.3, -0.25) is 4.79 Å². The van der Waals surface area contributed by atoms with Gasteiger partial charge in [0.1, 0.15) is 6.29 Å². The Hall–Kier alpha value is -3.51. The summed E-state index contributed by atoms with van der Waals surface area (Å²) in [5.74, 6) is 0.923. The summed E-state index contributed by atoms with van der Waals surface area (Å²) >= 11 is 0. The fourth-order valence-corrected chi connectivity index (χ4v) is 1.48. The summed E-state index contributed by atoms with van der Waals surface area (Å²) in [6.07, 6.45) is 17.6. The van der Waals surface area contributed by atoms with Crippen LogP contribution in [0.1, 0.15) is 10.4 Å². The summed E-state index contributed by atoms with van der Waals surface area (Å²) in [5, 5.41) is 0. The molecule has 24 heavy (non-hydrogen) atoms. The molecule has 0 saturated carbocycles. The number of carbonyl (C=O) groups is 1. The van der Waals surface area contributed by atoms with Crippen molar-refractivity contribution in [3.05, 3.63) is 110 Å². The Balaban J connectivity index is 2.81. The molecule has 0 fully saturated rings. The first kappa shape index (κ1) is 18.5. The lowest BCUT2D eigenvalue weighted by Crippen LogP contribution is -1.91. The third-order valence-electron chi connectivity index (χ3n) is 2.52. The highest BCUT2D eigenvalue weighted by molar-refractivity contribution is 5.76. The molecule has 0 unspecified atom stereocenters. The standard InChI is InChI=1S/C21H18O3/c1-3-5-7-9-11-15-23-20-14-13-19(18-22)17-21(20)24-16-12-10-8-6-4-2/h5-18H,1-2H2/b9-7+,10-8+,15-11-,16-12+. The van der Waals surface area contributed by atoms with Gasteiger partial charge in [0.25, 0.3) is 0 Å². The molecule has 0 atom stereocenters. The van der Waals surface area contributed by atoms with Crippen LogP contribution in [0.2, 0.25) is 0 Å². The normalized spacial score (nSPS) is 10.8. The van der Waals surface area contributed by atoms with Gasteiger partial charge in [0, 0.05) is 5.56 Å². The second-order valence-electron chi connectivity index (χ2n) is 4.23. The van der Waals surface area contributed by atoms with Gasteiger partial charge >= 0.3 is 0 Å². The van der Waals surface area contributed by atoms with Crippen LogP contribution in [-0.2, 0) is 0 Å². The van der Waals surface area contributed by atoms with Crippen LogP contribution < -0.4 is 9.47 Å². The highest BCUT2D eigenvalue weighted by atomic mass is 16.5. The van der Waals surface area contributed by atoms with Crippen molar-refractivity contribution in [2.24, 2.45) is 0 Å². The molecular weight excluding hydrogens is 300 g/mol. The van der Waals surface area contributed by atoms with Crippen LogP contribution in [0.15, 0.2) is 104 Å². The molecule has 3 nitrogen and oxygen atoms in total. The largest absolute Gasteiger partial charge is 0.461 e. The summed E-state index contributed by atoms with van der Waals surface area (Å²) in [6, 6.07) is 4.92. The van der Waals surface area contributed by atoms with E-state index in [9.17, 15) is 4.79 Å². The van der Waals surface area contributed by atoms with Crippen molar-refractivity contribution in [2.75, 3.05) is 0 Å². The molecule has 0 radical (unpaired) electrons. The number of aldehydes is 1. The molecule has 0 amide bonds. The quantitative estimate of drug-likeness (QED) is 0.276. The third kappa shape index (κ3) is 7.48. The number of rotatable bonds is 9. The zero-order chi connectivity index (χ0) is 17.5. The maximum Gasteiger partial charge on any atom is 0.169 e. The van der Waals surface area contributed by atoms with Gasteiger partial charge in [-0.1, -0.05) is 37.5 Å². The zero-order valence-corrected chi connectivity index (χ0v) is 13.2. The van der Waals surface area contributed by atoms with Crippen molar-refractivity contribution >= 4 is 6.29 Å². The number of hydrogen-bond acceptors (Lipinski definition) is 3. The number of benzene rings is 1. The smallest absolute Gasteiger partial charge is 0.169 e. The van der Waals surface area contributed by atoms with Gasteiger partial charge in [-0.25, -0.2) is 0 Å². The van der Waals surface area contributed by atoms with Crippen LogP contribution in [0.25, 0.3) is 0 Å². The molecule has 0 aliphatic rings. The molecule has 0 bridgehead atoms. The number of hydrogen-bond donors (Lipinski definition) is 0. The molecule has 0 heterocycles. The van der Waals surface area contributed by atoms with Crippen molar-refractivity contribution in [1.29, 1.82) is 0 Å². The molecule has 3 heteroatoms. The first-order chi connectivity index (χ1) is 11.8. The lowest BCUT2D eigenvalue weighted by atomic mass is 10.2. The second-order valence-corrected chi connectivity index (χ2v) is 4.23. The molecule has 0 aliphatic heterocycles. The molecular formula is C21H18O3. The van der Waals surface area contributed by atoms with E-state index in [0.717, 1.165) is 6.29 Å². The van der Waals surface area contributed by atoms with Gasteiger partial charge in [0.15, 0.2) is 11.5 Å². The number of ether oxygens (including phenoxy) is 2. The topological polar surface area (TPSA) is 35.5 Å². The molecule has 0 N–H and O–H groups in total. The van der Waals surface area contributed by atoms with Gasteiger partial charge in [-0.2, -0.15) is 0 Å². The molecule has 120 valence electrons. The Kier molecular flexibility index (Phi) is 9.33. The predicted molar refractivity (Wildman–Crippen MR) is 97.1 cm³/mol. The van der Waals surface area contributed by atoms with Gasteiger partial charge in [0.05, 0.1) is 12.5 Å². The Labute approximate surface area is 142 Å². The van der Waals surface area contributed by atoms with Crippen LogP contribution in [0.5, 0.6) is 11.5 Å². The lowest BCUT2D eigenvalue weighted by Gasteiger charge is -2.07. The summed E-state index contributed by atoms with van der Waals surface area (Å²) < 4.78 is 11.0. The van der Waals surface area contributed by atoms with E-state index in [4.69, 9.17) is 9.47 Å². The SMILES string of the molecule is C=C=C/C=C/C=C\Oc1ccc(C=O)cc1O/C=C/C=C/C=C=C. The molecule has 1 aromatic rings. The summed E-state index contributed by atoms with van der Waals surface area (Å²) in [7, 11) is 0. The van der Waals surface area contributed by atoms with E-state index in [1.807, 2.05) is 0 Å². The first-order valence-electron chi connectivity index (χ1n) is 7.09. The van der Waals surface area contributed by atoms with E-state index in [2.05, 4.69) is 24.6 Å². The van der Waals surface area contributed by atoms with Crippen molar-refractivity contribution in [3.63, 3.8) is 0 Å². The van der Waals surface area contributed by atoms with E-state index in [-0.39, 0.29) is 0 Å². The first-order valence-corrected chi connectivity index (χ1v) is 7.09. The van der Waals surface area contributed by atoms with Crippen molar-refractivity contribution in [1.82, 2.24) is 0 Å². The Morgan fingerprint density at radius 1 is 0.792 bits per heavy atom.